The molecule has 3 rings (SSSR count). The van der Waals surface area contributed by atoms with Gasteiger partial charge in [-0.2, -0.15) is 0 Å². The summed E-state index contributed by atoms with van der Waals surface area (Å²) in [5.74, 6) is 0.0538. The smallest absolute Gasteiger partial charge is 0.254 e. The van der Waals surface area contributed by atoms with Gasteiger partial charge >= 0.3 is 0 Å². The minimum Gasteiger partial charge on any atom is -0.369 e. The van der Waals surface area contributed by atoms with E-state index >= 15 is 0 Å². The minimum absolute atomic E-state index is 0.0302. The molecule has 144 valence electrons. The van der Waals surface area contributed by atoms with Crippen molar-refractivity contribution in [3.8, 4) is 0 Å². The molecule has 1 aliphatic rings. The molecule has 1 atom stereocenters. The average Bonchev–Trinajstić information content (AvgIpc) is 2.70. The molecular formula is C22H27FN2O2. The highest BCUT2D eigenvalue weighted by Gasteiger charge is 2.35. The predicted molar refractivity (Wildman–Crippen MR) is 103 cm³/mol. The minimum atomic E-state index is -0.797. The monoisotopic (exact) mass is 370 g/mol. The summed E-state index contributed by atoms with van der Waals surface area (Å²) in [4.78, 5) is 19.2. The van der Waals surface area contributed by atoms with E-state index in [9.17, 15) is 9.18 Å². The van der Waals surface area contributed by atoms with Crippen molar-refractivity contribution in [2.75, 3.05) is 20.2 Å². The fraction of sp³-hybridized carbons (Fsp3) is 0.455. The van der Waals surface area contributed by atoms with Gasteiger partial charge < -0.3 is 9.64 Å². The lowest BCUT2D eigenvalue weighted by Gasteiger charge is -2.36. The van der Waals surface area contributed by atoms with Gasteiger partial charge in [0.25, 0.3) is 5.91 Å². The number of rotatable bonds is 5. The van der Waals surface area contributed by atoms with E-state index in [1.165, 1.54) is 12.1 Å². The second kappa shape index (κ2) is 8.17. The number of benzene rings is 1. The van der Waals surface area contributed by atoms with Crippen LogP contribution in [0, 0.1) is 5.82 Å². The summed E-state index contributed by atoms with van der Waals surface area (Å²) in [6, 6.07) is 10.7. The van der Waals surface area contributed by atoms with Gasteiger partial charge in [-0.05, 0) is 62.4 Å². The molecule has 0 radical (unpaired) electrons. The molecule has 1 amide bonds. The summed E-state index contributed by atoms with van der Waals surface area (Å²) in [5.41, 5.74) is 2.37. The van der Waals surface area contributed by atoms with Crippen LogP contribution in [0.15, 0.2) is 42.6 Å². The van der Waals surface area contributed by atoms with E-state index < -0.39 is 5.60 Å². The number of likely N-dealkylation sites (tertiary alicyclic amines) is 1. The van der Waals surface area contributed by atoms with Crippen LogP contribution in [-0.2, 0) is 16.0 Å². The van der Waals surface area contributed by atoms with Crippen LogP contribution < -0.4 is 0 Å². The molecule has 1 unspecified atom stereocenters. The van der Waals surface area contributed by atoms with E-state index in [4.69, 9.17) is 4.74 Å². The van der Waals surface area contributed by atoms with Crippen molar-refractivity contribution < 1.29 is 13.9 Å². The third kappa shape index (κ3) is 4.72. The van der Waals surface area contributed by atoms with Gasteiger partial charge in [-0.3, -0.25) is 9.78 Å². The van der Waals surface area contributed by atoms with E-state index in [0.717, 1.165) is 42.6 Å². The average molecular weight is 370 g/mol. The van der Waals surface area contributed by atoms with Crippen LogP contribution in [0.2, 0.25) is 0 Å². The Morgan fingerprint density at radius 2 is 1.93 bits per heavy atom. The predicted octanol–water partition coefficient (Wildman–Crippen LogP) is 3.94. The zero-order valence-electron chi connectivity index (χ0n) is 16.2. The molecule has 1 aliphatic heterocycles. The van der Waals surface area contributed by atoms with E-state index in [1.807, 2.05) is 11.1 Å². The number of ether oxygens (including phenoxy) is 1. The number of hydrogen-bond acceptors (Lipinski definition) is 3. The quantitative estimate of drug-likeness (QED) is 0.801. The molecule has 0 N–H and O–H groups in total. The molecule has 1 aromatic carbocycles. The van der Waals surface area contributed by atoms with Crippen LogP contribution in [0.4, 0.5) is 4.39 Å². The van der Waals surface area contributed by atoms with Crippen molar-refractivity contribution in [2.45, 2.75) is 44.6 Å². The number of hydrogen-bond donors (Lipinski definition) is 0. The van der Waals surface area contributed by atoms with Gasteiger partial charge in [-0.25, -0.2) is 4.39 Å². The van der Waals surface area contributed by atoms with Crippen molar-refractivity contribution in [3.05, 3.63) is 65.2 Å². The summed E-state index contributed by atoms with van der Waals surface area (Å²) in [6.07, 6.45) is 4.61. The number of piperidine rings is 1. The lowest BCUT2D eigenvalue weighted by Crippen LogP contribution is -2.49. The van der Waals surface area contributed by atoms with Crippen LogP contribution in [0.1, 0.15) is 49.4 Å². The van der Waals surface area contributed by atoms with E-state index in [0.29, 0.717) is 6.54 Å². The van der Waals surface area contributed by atoms with Gasteiger partial charge in [0.1, 0.15) is 11.4 Å². The Balaban J connectivity index is 1.65. The molecule has 5 heteroatoms. The van der Waals surface area contributed by atoms with Gasteiger partial charge in [0.15, 0.2) is 0 Å². The maximum Gasteiger partial charge on any atom is 0.254 e. The van der Waals surface area contributed by atoms with Crippen molar-refractivity contribution in [2.24, 2.45) is 0 Å². The third-order valence-electron chi connectivity index (χ3n) is 5.32. The van der Waals surface area contributed by atoms with Crippen molar-refractivity contribution in [1.29, 1.82) is 0 Å². The van der Waals surface area contributed by atoms with E-state index in [1.54, 1.807) is 33.1 Å². The van der Waals surface area contributed by atoms with Crippen LogP contribution in [0.25, 0.3) is 0 Å². The van der Waals surface area contributed by atoms with Gasteiger partial charge in [0.2, 0.25) is 0 Å². The van der Waals surface area contributed by atoms with Crippen molar-refractivity contribution in [3.63, 3.8) is 0 Å². The molecule has 0 saturated carbocycles. The number of amides is 1. The molecule has 1 fully saturated rings. The van der Waals surface area contributed by atoms with Gasteiger partial charge in [-0.1, -0.05) is 18.2 Å². The van der Waals surface area contributed by atoms with E-state index in [-0.39, 0.29) is 17.6 Å². The Labute approximate surface area is 160 Å². The van der Waals surface area contributed by atoms with Gasteiger partial charge in [0.05, 0.1) is 0 Å². The maximum atomic E-state index is 13.0. The summed E-state index contributed by atoms with van der Waals surface area (Å²) in [5, 5.41) is 0. The number of pyridine rings is 1. The Bertz CT molecular complexity index is 772. The molecule has 2 heterocycles. The second-order valence-corrected chi connectivity index (χ2v) is 7.70. The highest BCUT2D eigenvalue weighted by molar-refractivity contribution is 5.84. The normalized spacial score (nSPS) is 17.8. The lowest BCUT2D eigenvalue weighted by atomic mass is 9.92. The molecule has 2 aromatic rings. The van der Waals surface area contributed by atoms with Crippen molar-refractivity contribution >= 4 is 5.91 Å². The SMILES string of the molecule is COC(C)(C)C(=O)N1CCCC(c2ccc(Cc3ccc(F)cc3)cn2)C1. The standard InChI is InChI=1S/C22H27FN2O2/c1-22(2,27-3)21(26)25-12-4-5-18(15-25)20-11-8-17(14-24-20)13-16-6-9-19(23)10-7-16/h6-11,14,18H,4-5,12-13,15H2,1-3H3. The van der Waals surface area contributed by atoms with Crippen LogP contribution in [0.3, 0.4) is 0 Å². The lowest BCUT2D eigenvalue weighted by molar-refractivity contribution is -0.152. The summed E-state index contributed by atoms with van der Waals surface area (Å²) >= 11 is 0. The Morgan fingerprint density at radius 3 is 2.56 bits per heavy atom. The van der Waals surface area contributed by atoms with Crippen LogP contribution in [0.5, 0.6) is 0 Å². The highest BCUT2D eigenvalue weighted by Crippen LogP contribution is 2.28. The number of nitrogens with zero attached hydrogens (tertiary/aromatic N) is 2. The van der Waals surface area contributed by atoms with Gasteiger partial charge in [-0.15, -0.1) is 0 Å². The topological polar surface area (TPSA) is 42.4 Å². The number of carbonyl (C=O) groups excluding carboxylic acids is 1. The Hall–Kier alpha value is -2.27. The number of methoxy groups -OCH3 is 1. The Morgan fingerprint density at radius 1 is 1.22 bits per heavy atom. The Kier molecular flexibility index (Phi) is 5.90. The number of halogens is 1. The fourth-order valence-electron chi connectivity index (χ4n) is 3.49. The van der Waals surface area contributed by atoms with Crippen LogP contribution in [-0.4, -0.2) is 41.6 Å². The molecule has 0 aliphatic carbocycles. The largest absolute Gasteiger partial charge is 0.369 e. The first-order valence-corrected chi connectivity index (χ1v) is 9.43. The second-order valence-electron chi connectivity index (χ2n) is 7.70. The molecule has 4 nitrogen and oxygen atoms in total. The zero-order valence-corrected chi connectivity index (χ0v) is 16.2. The molecule has 1 aromatic heterocycles. The number of aromatic nitrogens is 1. The summed E-state index contributed by atoms with van der Waals surface area (Å²) in [6.45, 7) is 5.06. The first-order valence-electron chi connectivity index (χ1n) is 9.43. The zero-order chi connectivity index (χ0) is 19.4. The van der Waals surface area contributed by atoms with E-state index in [2.05, 4.69) is 17.1 Å². The first-order chi connectivity index (χ1) is 12.9. The maximum absolute atomic E-state index is 13.0. The van der Waals surface area contributed by atoms with Crippen molar-refractivity contribution in [1.82, 2.24) is 9.88 Å². The molecule has 0 bridgehead atoms. The molecule has 1 saturated heterocycles. The van der Waals surface area contributed by atoms with Gasteiger partial charge in [0, 0.05) is 38.0 Å². The summed E-state index contributed by atoms with van der Waals surface area (Å²) in [7, 11) is 1.57. The first kappa shape index (κ1) is 19.5. The number of carbonyl (C=O) groups is 1. The third-order valence-corrected chi connectivity index (χ3v) is 5.32. The fourth-order valence-corrected chi connectivity index (χ4v) is 3.49. The molecule has 0 spiro atoms. The summed E-state index contributed by atoms with van der Waals surface area (Å²) < 4.78 is 18.4. The van der Waals surface area contributed by atoms with Crippen LogP contribution >= 0.6 is 0 Å². The highest BCUT2D eigenvalue weighted by atomic mass is 19.1. The molecular weight excluding hydrogens is 343 g/mol. The molecule has 27 heavy (non-hydrogen) atoms.